The van der Waals surface area contributed by atoms with E-state index in [2.05, 4.69) is 280 Å². The van der Waals surface area contributed by atoms with Crippen molar-refractivity contribution < 1.29 is 4.74 Å². The van der Waals surface area contributed by atoms with Crippen molar-refractivity contribution in [2.75, 3.05) is 65.4 Å². The summed E-state index contributed by atoms with van der Waals surface area (Å²) in [6.07, 6.45) is 10.9. The Labute approximate surface area is 507 Å². The molecule has 12 rings (SSSR count). The largest absolute Gasteiger partial charge is 0.489 e. The number of para-hydroxylation sites is 3. The van der Waals surface area contributed by atoms with Crippen molar-refractivity contribution in [3.8, 4) is 17.1 Å². The van der Waals surface area contributed by atoms with Crippen molar-refractivity contribution in [2.45, 2.75) is 59.2 Å². The molecule has 0 radical (unpaired) electrons. The molecule has 0 spiro atoms. The van der Waals surface area contributed by atoms with Gasteiger partial charge in [0.1, 0.15) is 18.4 Å². The first-order valence-corrected chi connectivity index (χ1v) is 30.3. The number of ether oxygens (including phenoxy) is 1. The summed E-state index contributed by atoms with van der Waals surface area (Å²) in [5, 5.41) is 26.9. The number of tetrazole rings is 2. The molecule has 13 heteroatoms. The van der Waals surface area contributed by atoms with Crippen molar-refractivity contribution in [1.29, 1.82) is 0 Å². The lowest BCUT2D eigenvalue weighted by molar-refractivity contribution is 0.112. The highest BCUT2D eigenvalue weighted by Crippen LogP contribution is 2.37. The Morgan fingerprint density at radius 1 is 0.407 bits per heavy atom. The van der Waals surface area contributed by atoms with Gasteiger partial charge in [0.05, 0.1) is 17.4 Å². The van der Waals surface area contributed by atoms with E-state index in [1.165, 1.54) is 38.9 Å². The number of rotatable bonds is 20. The zero-order valence-corrected chi connectivity index (χ0v) is 50.1. The van der Waals surface area contributed by atoms with Gasteiger partial charge in [0.2, 0.25) is 0 Å². The molecule has 2 aliphatic heterocycles. The fourth-order valence-corrected chi connectivity index (χ4v) is 12.1. The molecule has 0 unspecified atom stereocenters. The first kappa shape index (κ1) is 58.8. The number of nitrogens with zero attached hydrogens (tertiary/aromatic N) is 12. The molecule has 10 aromatic rings. The van der Waals surface area contributed by atoms with Gasteiger partial charge >= 0.3 is 0 Å². The van der Waals surface area contributed by atoms with Crippen LogP contribution in [0.15, 0.2) is 218 Å². The highest BCUT2D eigenvalue weighted by Gasteiger charge is 2.35. The minimum atomic E-state index is -0.178. The predicted molar refractivity (Wildman–Crippen MR) is 345 cm³/mol. The summed E-state index contributed by atoms with van der Waals surface area (Å²) in [5.41, 5.74) is 15.4. The maximum atomic E-state index is 6.48. The molecule has 2 aliphatic rings. The molecule has 0 bridgehead atoms. The topological polar surface area (TPSA) is 109 Å². The third-order valence-corrected chi connectivity index (χ3v) is 16.6. The van der Waals surface area contributed by atoms with Gasteiger partial charge in [-0.2, -0.15) is 9.36 Å². The molecular formula is C73H78N12O. The van der Waals surface area contributed by atoms with Crippen molar-refractivity contribution in [1.82, 2.24) is 60.0 Å². The summed E-state index contributed by atoms with van der Waals surface area (Å²) in [4.78, 5) is 10.1. The van der Waals surface area contributed by atoms with Gasteiger partial charge in [0.25, 0.3) is 0 Å². The molecule has 86 heavy (non-hydrogen) atoms. The van der Waals surface area contributed by atoms with Crippen LogP contribution in [0.4, 0.5) is 0 Å². The first-order chi connectivity index (χ1) is 42.3. The van der Waals surface area contributed by atoms with E-state index in [1.807, 2.05) is 33.6 Å². The number of benzene rings is 8. The Hall–Kier alpha value is -8.98. The van der Waals surface area contributed by atoms with Crippen molar-refractivity contribution in [3.63, 3.8) is 0 Å². The Balaban J connectivity index is 0.000000179. The van der Waals surface area contributed by atoms with Crippen molar-refractivity contribution in [3.05, 3.63) is 291 Å². The lowest BCUT2D eigenvalue weighted by Crippen LogP contribution is -2.48. The lowest BCUT2D eigenvalue weighted by atomic mass is 9.93. The van der Waals surface area contributed by atoms with E-state index in [-0.39, 0.29) is 12.1 Å². The van der Waals surface area contributed by atoms with Gasteiger partial charge in [-0.1, -0.05) is 224 Å². The normalized spacial score (nSPS) is 15.2. The smallest absolute Gasteiger partial charge is 0.178 e. The van der Waals surface area contributed by atoms with Gasteiger partial charge in [0.15, 0.2) is 11.6 Å². The predicted octanol–water partition coefficient (Wildman–Crippen LogP) is 12.8. The van der Waals surface area contributed by atoms with Gasteiger partial charge in [0, 0.05) is 71.0 Å². The zero-order valence-electron chi connectivity index (χ0n) is 50.1. The third kappa shape index (κ3) is 14.7. The Morgan fingerprint density at radius 3 is 1.30 bits per heavy atom. The van der Waals surface area contributed by atoms with E-state index in [9.17, 15) is 0 Å². The van der Waals surface area contributed by atoms with Gasteiger partial charge < -0.3 is 4.74 Å². The second kappa shape index (κ2) is 29.2. The van der Waals surface area contributed by atoms with E-state index < -0.39 is 0 Å². The Kier molecular flexibility index (Phi) is 20.0. The average Bonchev–Trinajstić information content (AvgIpc) is 2.22. The van der Waals surface area contributed by atoms with Crippen LogP contribution in [0.3, 0.4) is 0 Å². The molecule has 2 atom stereocenters. The second-order valence-electron chi connectivity index (χ2n) is 22.5. The van der Waals surface area contributed by atoms with Crippen LogP contribution >= 0.6 is 0 Å². The molecule has 2 fully saturated rings. The van der Waals surface area contributed by atoms with E-state index in [0.717, 1.165) is 129 Å². The summed E-state index contributed by atoms with van der Waals surface area (Å²) >= 11 is 0. The second-order valence-corrected chi connectivity index (χ2v) is 22.5. The van der Waals surface area contributed by atoms with Gasteiger partial charge in [-0.3, -0.25) is 19.6 Å². The quantitative estimate of drug-likeness (QED) is 0.0728. The lowest BCUT2D eigenvalue weighted by Gasteiger charge is -2.39. The molecule has 2 aromatic heterocycles. The first-order valence-electron chi connectivity index (χ1n) is 30.3. The third-order valence-electron chi connectivity index (χ3n) is 16.6. The number of piperazine rings is 2. The summed E-state index contributed by atoms with van der Waals surface area (Å²) in [7, 11) is 0. The number of aryl methyl sites for hydroxylation is 6. The molecule has 0 N–H and O–H groups in total. The van der Waals surface area contributed by atoms with E-state index >= 15 is 0 Å². The van der Waals surface area contributed by atoms with Gasteiger partial charge in [-0.05, 0) is 123 Å². The molecule has 8 aromatic carbocycles. The maximum Gasteiger partial charge on any atom is 0.178 e. The number of hydrogen-bond donors (Lipinski definition) is 0. The Bertz CT molecular complexity index is 3480. The summed E-state index contributed by atoms with van der Waals surface area (Å²) < 4.78 is 10.4. The van der Waals surface area contributed by atoms with Crippen LogP contribution in [0.1, 0.15) is 84.9 Å². The van der Waals surface area contributed by atoms with E-state index in [1.54, 1.807) is 0 Å². The van der Waals surface area contributed by atoms with Crippen LogP contribution < -0.4 is 4.74 Å². The highest BCUT2D eigenvalue weighted by atomic mass is 16.5. The molecule has 436 valence electrons. The summed E-state index contributed by atoms with van der Waals surface area (Å²) in [6.45, 7) is 18.4. The number of hydrogen-bond acceptors (Lipinski definition) is 11. The molecule has 2 saturated heterocycles. The monoisotopic (exact) mass is 1140 g/mol. The summed E-state index contributed by atoms with van der Waals surface area (Å²) in [6, 6.07) is 71.7. The highest BCUT2D eigenvalue weighted by molar-refractivity contribution is 5.52. The molecule has 4 heterocycles. The van der Waals surface area contributed by atoms with E-state index in [0.29, 0.717) is 6.61 Å². The number of aromatic nitrogens is 8. The Morgan fingerprint density at radius 2 is 0.814 bits per heavy atom. The van der Waals surface area contributed by atoms with Crippen LogP contribution in [-0.2, 0) is 19.4 Å². The molecular weight excluding hydrogens is 1060 g/mol. The average molecular weight is 1140 g/mol. The van der Waals surface area contributed by atoms with Crippen LogP contribution in [0.5, 0.6) is 5.75 Å². The van der Waals surface area contributed by atoms with E-state index in [4.69, 9.17) is 9.84 Å². The minimum absolute atomic E-state index is 0.0528. The van der Waals surface area contributed by atoms with Gasteiger partial charge in [-0.15, -0.1) is 10.2 Å². The molecule has 0 aliphatic carbocycles. The van der Waals surface area contributed by atoms with Crippen LogP contribution in [0.2, 0.25) is 0 Å². The zero-order chi connectivity index (χ0) is 58.9. The minimum Gasteiger partial charge on any atom is -0.489 e. The maximum absolute atomic E-state index is 6.48. The summed E-state index contributed by atoms with van der Waals surface area (Å²) in [5.74, 6) is 2.52. The van der Waals surface area contributed by atoms with Crippen molar-refractivity contribution in [2.24, 2.45) is 0 Å². The van der Waals surface area contributed by atoms with Crippen molar-refractivity contribution >= 4 is 12.2 Å². The fourth-order valence-electron chi connectivity index (χ4n) is 12.1. The molecule has 0 amide bonds. The molecule has 0 saturated carbocycles. The molecule has 13 nitrogen and oxygen atoms in total. The van der Waals surface area contributed by atoms with Crippen LogP contribution in [0.25, 0.3) is 23.5 Å². The van der Waals surface area contributed by atoms with Gasteiger partial charge in [-0.25, -0.2) is 0 Å². The SMILES string of the molecule is Cc1cccc(C)c1-n1nnnc1[C@@H](c1ccccc1CCc1ccccc1)N1CCN(C/C=C/c2ccccc2)CC1.Cc1cccc(C)c1-n1nnnc1[C@H](c1ccccc1OCc1ccccc1)N1CCN(C/C=C/c2ccccc2)CC1. The van der Waals surface area contributed by atoms with Crippen LogP contribution in [0, 0.1) is 27.7 Å². The standard InChI is InChI=1S/C37H40N6.C36H38N6O/c1-29-13-11-14-30(2)35(29)43-37(38-39-40-43)36(34-21-10-9-20-33(34)23-22-32-17-7-4-8-18-32)42-27-25-41(26-28-42)24-12-19-31-15-5-3-6-16-31;1-28-13-11-14-29(2)34(28)42-36(37-38-39-42)35(32-20-9-10-21-33(32)43-27-31-17-7-4-8-18-31)41-25-23-40(24-26-41)22-12-19-30-15-5-3-6-16-30/h3-21,36H,22-28H2,1-2H3;3-21,35H,22-27H2,1-2H3/b2*19-12+/t36-;35-/m10/s1. The fraction of sp³-hybridized carbons (Fsp3) is 0.260. The van der Waals surface area contributed by atoms with Crippen LogP contribution in [-0.4, -0.2) is 125 Å².